The standard InChI is InChI=1S/C16H14ClN3/c1-12-7-8-13(9-16(12)17)19-14-10-18-20(11-14)15-5-3-2-4-6-15/h2-11,19H,1H3. The van der Waals surface area contributed by atoms with E-state index in [0.29, 0.717) is 0 Å². The first-order chi connectivity index (χ1) is 9.72. The van der Waals surface area contributed by atoms with Crippen LogP contribution in [0.3, 0.4) is 0 Å². The van der Waals surface area contributed by atoms with Gasteiger partial charge in [0.15, 0.2) is 0 Å². The highest BCUT2D eigenvalue weighted by Gasteiger charge is 2.02. The van der Waals surface area contributed by atoms with Crippen LogP contribution in [0.2, 0.25) is 5.02 Å². The summed E-state index contributed by atoms with van der Waals surface area (Å²) in [6.45, 7) is 1.99. The highest BCUT2D eigenvalue weighted by atomic mass is 35.5. The number of hydrogen-bond acceptors (Lipinski definition) is 2. The minimum absolute atomic E-state index is 0.755. The Balaban J connectivity index is 1.82. The lowest BCUT2D eigenvalue weighted by atomic mass is 10.2. The smallest absolute Gasteiger partial charge is 0.0775 e. The third-order valence-corrected chi connectivity index (χ3v) is 3.47. The third-order valence-electron chi connectivity index (χ3n) is 3.06. The molecule has 3 nitrogen and oxygen atoms in total. The van der Waals surface area contributed by atoms with Crippen molar-refractivity contribution in [2.45, 2.75) is 6.92 Å². The van der Waals surface area contributed by atoms with Crippen molar-refractivity contribution in [3.05, 3.63) is 71.5 Å². The molecule has 0 spiro atoms. The van der Waals surface area contributed by atoms with E-state index in [1.54, 1.807) is 6.20 Å². The molecule has 0 saturated carbocycles. The topological polar surface area (TPSA) is 29.9 Å². The van der Waals surface area contributed by atoms with Crippen molar-refractivity contribution in [2.24, 2.45) is 0 Å². The van der Waals surface area contributed by atoms with Gasteiger partial charge in [0, 0.05) is 10.7 Å². The molecule has 3 rings (SSSR count). The van der Waals surface area contributed by atoms with Gasteiger partial charge in [-0.05, 0) is 36.8 Å². The third kappa shape index (κ3) is 2.68. The van der Waals surface area contributed by atoms with Gasteiger partial charge in [0.1, 0.15) is 0 Å². The predicted octanol–water partition coefficient (Wildman–Crippen LogP) is 4.58. The molecule has 1 N–H and O–H groups in total. The van der Waals surface area contributed by atoms with Gasteiger partial charge in [0.05, 0.1) is 23.8 Å². The van der Waals surface area contributed by atoms with E-state index in [2.05, 4.69) is 10.4 Å². The molecule has 0 fully saturated rings. The summed E-state index contributed by atoms with van der Waals surface area (Å²) in [5.74, 6) is 0. The van der Waals surface area contributed by atoms with Crippen LogP contribution in [-0.2, 0) is 0 Å². The highest BCUT2D eigenvalue weighted by Crippen LogP contribution is 2.23. The summed E-state index contributed by atoms with van der Waals surface area (Å²) in [5.41, 5.74) is 3.97. The predicted molar refractivity (Wildman–Crippen MR) is 83.0 cm³/mol. The summed E-state index contributed by atoms with van der Waals surface area (Å²) in [7, 11) is 0. The zero-order valence-corrected chi connectivity index (χ0v) is 11.8. The summed E-state index contributed by atoms with van der Waals surface area (Å²) in [6, 6.07) is 15.9. The van der Waals surface area contributed by atoms with Crippen LogP contribution < -0.4 is 5.32 Å². The minimum Gasteiger partial charge on any atom is -0.353 e. The van der Waals surface area contributed by atoms with E-state index >= 15 is 0 Å². The lowest BCUT2D eigenvalue weighted by Gasteiger charge is -2.05. The van der Waals surface area contributed by atoms with Gasteiger partial charge in [-0.3, -0.25) is 0 Å². The second kappa shape index (κ2) is 5.39. The highest BCUT2D eigenvalue weighted by molar-refractivity contribution is 6.31. The molecule has 20 heavy (non-hydrogen) atoms. The van der Waals surface area contributed by atoms with Gasteiger partial charge < -0.3 is 5.32 Å². The normalized spacial score (nSPS) is 10.5. The average molecular weight is 284 g/mol. The molecule has 100 valence electrons. The molecule has 0 saturated heterocycles. The monoisotopic (exact) mass is 283 g/mol. The van der Waals surface area contributed by atoms with Gasteiger partial charge in [-0.2, -0.15) is 5.10 Å². The first-order valence-corrected chi connectivity index (χ1v) is 6.73. The van der Waals surface area contributed by atoms with Crippen molar-refractivity contribution in [3.8, 4) is 5.69 Å². The average Bonchev–Trinajstić information content (AvgIpc) is 2.92. The van der Waals surface area contributed by atoms with Gasteiger partial charge in [-0.25, -0.2) is 4.68 Å². The van der Waals surface area contributed by atoms with Crippen LogP contribution >= 0.6 is 11.6 Å². The molecule has 0 aliphatic carbocycles. The van der Waals surface area contributed by atoms with Crippen molar-refractivity contribution in [1.82, 2.24) is 9.78 Å². The molecule has 0 unspecified atom stereocenters. The maximum absolute atomic E-state index is 6.12. The first kappa shape index (κ1) is 12.8. The second-order valence-electron chi connectivity index (χ2n) is 4.60. The van der Waals surface area contributed by atoms with E-state index in [1.165, 1.54) is 0 Å². The van der Waals surface area contributed by atoms with Gasteiger partial charge >= 0.3 is 0 Å². The number of halogens is 1. The van der Waals surface area contributed by atoms with E-state index < -0.39 is 0 Å². The quantitative estimate of drug-likeness (QED) is 0.762. The molecule has 0 atom stereocenters. The van der Waals surface area contributed by atoms with Gasteiger partial charge in [0.2, 0.25) is 0 Å². The van der Waals surface area contributed by atoms with Crippen LogP contribution in [-0.4, -0.2) is 9.78 Å². The molecular weight excluding hydrogens is 270 g/mol. The Morgan fingerprint density at radius 2 is 1.85 bits per heavy atom. The lowest BCUT2D eigenvalue weighted by molar-refractivity contribution is 0.881. The van der Waals surface area contributed by atoms with Crippen LogP contribution in [0.25, 0.3) is 5.69 Å². The van der Waals surface area contributed by atoms with Crippen LogP contribution in [0.4, 0.5) is 11.4 Å². The molecule has 0 bridgehead atoms. The van der Waals surface area contributed by atoms with Crippen molar-refractivity contribution < 1.29 is 0 Å². The minimum atomic E-state index is 0.755. The number of aryl methyl sites for hydroxylation is 1. The van der Waals surface area contributed by atoms with E-state index in [4.69, 9.17) is 11.6 Å². The molecule has 1 aromatic heterocycles. The number of hydrogen-bond donors (Lipinski definition) is 1. The number of anilines is 2. The van der Waals surface area contributed by atoms with Crippen molar-refractivity contribution in [1.29, 1.82) is 0 Å². The van der Waals surface area contributed by atoms with Crippen molar-refractivity contribution >= 4 is 23.0 Å². The van der Waals surface area contributed by atoms with Crippen molar-refractivity contribution in [3.63, 3.8) is 0 Å². The van der Waals surface area contributed by atoms with E-state index in [0.717, 1.165) is 27.6 Å². The van der Waals surface area contributed by atoms with Crippen LogP contribution in [0, 0.1) is 6.92 Å². The number of aromatic nitrogens is 2. The molecule has 1 heterocycles. The van der Waals surface area contributed by atoms with E-state index in [1.807, 2.05) is 66.3 Å². The van der Waals surface area contributed by atoms with Gasteiger partial charge in [-0.15, -0.1) is 0 Å². The summed E-state index contributed by atoms with van der Waals surface area (Å²) < 4.78 is 1.83. The van der Waals surface area contributed by atoms with Crippen LogP contribution in [0.5, 0.6) is 0 Å². The Bertz CT molecular complexity index is 720. The fourth-order valence-corrected chi connectivity index (χ4v) is 2.13. The molecule has 3 aromatic rings. The van der Waals surface area contributed by atoms with Crippen LogP contribution in [0.15, 0.2) is 60.9 Å². The number of benzene rings is 2. The van der Waals surface area contributed by atoms with Gasteiger partial charge in [-0.1, -0.05) is 35.9 Å². The zero-order chi connectivity index (χ0) is 13.9. The number of rotatable bonds is 3. The van der Waals surface area contributed by atoms with E-state index in [9.17, 15) is 0 Å². The zero-order valence-electron chi connectivity index (χ0n) is 11.0. The maximum atomic E-state index is 6.12. The van der Waals surface area contributed by atoms with Crippen LogP contribution in [0.1, 0.15) is 5.56 Å². The molecule has 4 heteroatoms. The summed E-state index contributed by atoms with van der Waals surface area (Å²) in [4.78, 5) is 0. The number of nitrogens with zero attached hydrogens (tertiary/aromatic N) is 2. The second-order valence-corrected chi connectivity index (χ2v) is 5.01. The molecule has 2 aromatic carbocycles. The van der Waals surface area contributed by atoms with Crippen molar-refractivity contribution in [2.75, 3.05) is 5.32 Å². The number of para-hydroxylation sites is 1. The largest absolute Gasteiger partial charge is 0.353 e. The summed E-state index contributed by atoms with van der Waals surface area (Å²) in [6.07, 6.45) is 3.74. The number of nitrogens with one attached hydrogen (secondary N) is 1. The summed E-state index contributed by atoms with van der Waals surface area (Å²) in [5, 5.41) is 8.39. The van der Waals surface area contributed by atoms with E-state index in [-0.39, 0.29) is 0 Å². The molecule has 0 amide bonds. The Morgan fingerprint density at radius 3 is 2.60 bits per heavy atom. The Morgan fingerprint density at radius 1 is 1.05 bits per heavy atom. The fourth-order valence-electron chi connectivity index (χ4n) is 1.95. The lowest BCUT2D eigenvalue weighted by Crippen LogP contribution is -1.93. The maximum Gasteiger partial charge on any atom is 0.0775 e. The molecule has 0 radical (unpaired) electrons. The molecule has 0 aliphatic heterocycles. The fraction of sp³-hybridized carbons (Fsp3) is 0.0625. The first-order valence-electron chi connectivity index (χ1n) is 6.36. The molecule has 0 aliphatic rings. The summed E-state index contributed by atoms with van der Waals surface area (Å²) >= 11 is 6.12. The Kier molecular flexibility index (Phi) is 3.44. The Labute approximate surface area is 122 Å². The van der Waals surface area contributed by atoms with Gasteiger partial charge in [0.25, 0.3) is 0 Å². The SMILES string of the molecule is Cc1ccc(Nc2cnn(-c3ccccc3)c2)cc1Cl. The Hall–Kier alpha value is -2.26. The molecular formula is C16H14ClN3.